The maximum Gasteiger partial charge on any atom is 0.336 e. The zero-order valence-corrected chi connectivity index (χ0v) is 8.24. The molecule has 13 heavy (non-hydrogen) atoms. The zero-order valence-electron chi connectivity index (χ0n) is 7.42. The molecule has 1 rings (SSSR count). The maximum atomic E-state index is 10.7. The van der Waals surface area contributed by atoms with Gasteiger partial charge in [0.15, 0.2) is 0 Å². The molecule has 78 valence electrons. The van der Waals surface area contributed by atoms with Crippen molar-refractivity contribution >= 4 is 10.3 Å². The highest BCUT2D eigenvalue weighted by atomic mass is 32.2. The summed E-state index contributed by atoms with van der Waals surface area (Å²) in [6.07, 6.45) is -0.819. The fraction of sp³-hybridized carbons (Fsp3) is 1.00. The van der Waals surface area contributed by atoms with Gasteiger partial charge in [0.25, 0.3) is 0 Å². The molecule has 1 saturated heterocycles. The molecule has 1 unspecified atom stereocenters. The van der Waals surface area contributed by atoms with E-state index in [2.05, 4.69) is 0 Å². The molecular weight excluding hydrogens is 196 g/mol. The second kappa shape index (κ2) is 3.89. The van der Waals surface area contributed by atoms with Crippen LogP contribution in [0.25, 0.3) is 0 Å². The molecule has 0 aromatic rings. The third-order valence-electron chi connectivity index (χ3n) is 2.16. The van der Waals surface area contributed by atoms with Crippen molar-refractivity contribution in [1.82, 2.24) is 9.21 Å². The summed E-state index contributed by atoms with van der Waals surface area (Å²) in [5, 5.41) is 9.41. The topological polar surface area (TPSA) is 81.1 Å². The van der Waals surface area contributed by atoms with Crippen molar-refractivity contribution in [3.63, 3.8) is 0 Å². The van der Waals surface area contributed by atoms with Gasteiger partial charge in [-0.3, -0.25) is 9.45 Å². The van der Waals surface area contributed by atoms with Crippen LogP contribution in [-0.4, -0.2) is 59.7 Å². The first kappa shape index (κ1) is 10.9. The van der Waals surface area contributed by atoms with Gasteiger partial charge in [0.1, 0.15) is 6.23 Å². The van der Waals surface area contributed by atoms with Crippen LogP contribution in [0.5, 0.6) is 0 Å². The Balaban J connectivity index is 2.61. The van der Waals surface area contributed by atoms with Crippen LogP contribution in [0.4, 0.5) is 0 Å². The van der Waals surface area contributed by atoms with Crippen molar-refractivity contribution in [2.24, 2.45) is 0 Å². The van der Waals surface area contributed by atoms with Crippen LogP contribution in [0.1, 0.15) is 6.92 Å². The van der Waals surface area contributed by atoms with Gasteiger partial charge in [0, 0.05) is 13.1 Å². The summed E-state index contributed by atoms with van der Waals surface area (Å²) >= 11 is 0. The van der Waals surface area contributed by atoms with Gasteiger partial charge in [-0.25, -0.2) is 0 Å². The van der Waals surface area contributed by atoms with Crippen molar-refractivity contribution in [2.45, 2.75) is 13.2 Å². The number of aliphatic hydroxyl groups is 1. The summed E-state index contributed by atoms with van der Waals surface area (Å²) in [5.74, 6) is 0. The molecule has 1 fully saturated rings. The molecule has 1 aliphatic rings. The number of piperazine rings is 1. The first-order chi connectivity index (χ1) is 5.95. The van der Waals surface area contributed by atoms with Crippen LogP contribution < -0.4 is 0 Å². The van der Waals surface area contributed by atoms with Crippen molar-refractivity contribution in [1.29, 1.82) is 0 Å². The molecule has 0 radical (unpaired) electrons. The third kappa shape index (κ3) is 2.61. The van der Waals surface area contributed by atoms with Crippen LogP contribution in [0, 0.1) is 0 Å². The lowest BCUT2D eigenvalue weighted by Gasteiger charge is -2.35. The van der Waals surface area contributed by atoms with E-state index >= 15 is 0 Å². The van der Waals surface area contributed by atoms with Crippen LogP contribution in [0.3, 0.4) is 0 Å². The lowest BCUT2D eigenvalue weighted by molar-refractivity contribution is -0.0334. The average molecular weight is 210 g/mol. The van der Waals surface area contributed by atoms with E-state index < -0.39 is 16.5 Å². The van der Waals surface area contributed by atoms with Gasteiger partial charge in [-0.1, -0.05) is 6.92 Å². The Bertz CT molecular complexity index is 266. The monoisotopic (exact) mass is 210 g/mol. The van der Waals surface area contributed by atoms with E-state index in [1.54, 1.807) is 4.90 Å². The quantitative estimate of drug-likeness (QED) is 0.556. The lowest BCUT2D eigenvalue weighted by atomic mass is 10.3. The Hall–Kier alpha value is -0.210. The summed E-state index contributed by atoms with van der Waals surface area (Å²) in [7, 11) is -4.14. The van der Waals surface area contributed by atoms with Crippen LogP contribution in [-0.2, 0) is 10.3 Å². The summed E-state index contributed by atoms with van der Waals surface area (Å²) in [5.41, 5.74) is 0. The molecule has 0 saturated carbocycles. The minimum atomic E-state index is -4.14. The summed E-state index contributed by atoms with van der Waals surface area (Å²) in [6.45, 7) is 3.15. The molecule has 2 N–H and O–H groups in total. The molecule has 0 bridgehead atoms. The Morgan fingerprint density at radius 2 is 2.08 bits per heavy atom. The minimum absolute atomic E-state index is 0.0628. The molecule has 1 heterocycles. The van der Waals surface area contributed by atoms with Crippen molar-refractivity contribution in [2.75, 3.05) is 26.2 Å². The number of nitrogens with zero attached hydrogens (tertiary/aromatic N) is 2. The third-order valence-corrected chi connectivity index (χ3v) is 3.14. The number of likely N-dealkylation sites (N-methyl/N-ethyl adjacent to an activating group) is 1. The maximum absolute atomic E-state index is 10.7. The number of aliphatic hydroxyl groups excluding tert-OH is 1. The summed E-state index contributed by atoms with van der Waals surface area (Å²) in [4.78, 5) is 1.74. The highest BCUT2D eigenvalue weighted by Crippen LogP contribution is 2.09. The second-order valence-electron chi connectivity index (χ2n) is 2.95. The van der Waals surface area contributed by atoms with Gasteiger partial charge in [-0.05, 0) is 6.54 Å². The SMILES string of the molecule is CCN1CCN(S(=O)(=O)O)CC1O. The van der Waals surface area contributed by atoms with Crippen LogP contribution >= 0.6 is 0 Å². The number of β-amino-alcohol motifs (C(OH)–C–C–N with tert-alkyl or cyclic N) is 1. The van der Waals surface area contributed by atoms with Crippen molar-refractivity contribution < 1.29 is 18.1 Å². The molecule has 0 aromatic heterocycles. The molecule has 6 nitrogen and oxygen atoms in total. The fourth-order valence-corrected chi connectivity index (χ4v) is 1.99. The summed E-state index contributed by atoms with van der Waals surface area (Å²) < 4.78 is 30.9. The zero-order chi connectivity index (χ0) is 10.1. The molecule has 1 atom stereocenters. The van der Waals surface area contributed by atoms with E-state index in [9.17, 15) is 13.5 Å². The van der Waals surface area contributed by atoms with E-state index in [1.165, 1.54) is 0 Å². The average Bonchev–Trinajstić information content (AvgIpc) is 2.02. The van der Waals surface area contributed by atoms with E-state index in [-0.39, 0.29) is 13.1 Å². The standard InChI is InChI=1S/C6H14N2O4S/c1-2-7-3-4-8(5-6(7)9)13(10,11)12/h6,9H,2-5H2,1H3,(H,10,11,12). The van der Waals surface area contributed by atoms with E-state index in [1.807, 2.05) is 6.92 Å². The lowest BCUT2D eigenvalue weighted by Crippen LogP contribution is -2.54. The Morgan fingerprint density at radius 1 is 1.46 bits per heavy atom. The van der Waals surface area contributed by atoms with E-state index in [0.717, 1.165) is 4.31 Å². The number of rotatable bonds is 2. The van der Waals surface area contributed by atoms with Gasteiger partial charge in [0.2, 0.25) is 0 Å². The van der Waals surface area contributed by atoms with E-state index in [0.29, 0.717) is 13.1 Å². The molecule has 0 aliphatic carbocycles. The Morgan fingerprint density at radius 3 is 2.46 bits per heavy atom. The highest BCUT2D eigenvalue weighted by Gasteiger charge is 2.29. The Labute approximate surface area is 77.6 Å². The molecule has 0 aromatic carbocycles. The van der Waals surface area contributed by atoms with Gasteiger partial charge < -0.3 is 5.11 Å². The van der Waals surface area contributed by atoms with Crippen molar-refractivity contribution in [3.05, 3.63) is 0 Å². The predicted molar refractivity (Wildman–Crippen MR) is 46.4 cm³/mol. The van der Waals surface area contributed by atoms with Crippen molar-refractivity contribution in [3.8, 4) is 0 Å². The largest absolute Gasteiger partial charge is 0.377 e. The molecule has 7 heteroatoms. The summed E-state index contributed by atoms with van der Waals surface area (Å²) in [6, 6.07) is 0. The molecule has 0 amide bonds. The predicted octanol–water partition coefficient (Wildman–Crippen LogP) is -1.25. The van der Waals surface area contributed by atoms with Gasteiger partial charge in [-0.15, -0.1) is 0 Å². The number of hydrogen-bond acceptors (Lipinski definition) is 4. The normalized spacial score (nSPS) is 27.8. The Kier molecular flexibility index (Phi) is 3.25. The second-order valence-corrected chi connectivity index (χ2v) is 4.36. The smallest absolute Gasteiger partial charge is 0.336 e. The van der Waals surface area contributed by atoms with E-state index in [4.69, 9.17) is 4.55 Å². The molecule has 1 aliphatic heterocycles. The molecular formula is C6H14N2O4S. The molecule has 0 spiro atoms. The van der Waals surface area contributed by atoms with Crippen LogP contribution in [0.15, 0.2) is 0 Å². The number of hydrogen-bond donors (Lipinski definition) is 2. The minimum Gasteiger partial charge on any atom is -0.377 e. The van der Waals surface area contributed by atoms with Gasteiger partial charge in [0.05, 0.1) is 6.54 Å². The fourth-order valence-electron chi connectivity index (χ4n) is 1.36. The first-order valence-corrected chi connectivity index (χ1v) is 5.49. The van der Waals surface area contributed by atoms with Gasteiger partial charge >= 0.3 is 10.3 Å². The highest BCUT2D eigenvalue weighted by molar-refractivity contribution is 7.83. The van der Waals surface area contributed by atoms with Gasteiger partial charge in [-0.2, -0.15) is 12.7 Å². The first-order valence-electron chi connectivity index (χ1n) is 4.10. The van der Waals surface area contributed by atoms with Crippen LogP contribution in [0.2, 0.25) is 0 Å².